The lowest BCUT2D eigenvalue weighted by molar-refractivity contribution is 0.0382. The molecule has 1 atom stereocenters. The number of rotatable bonds is 1. The van der Waals surface area contributed by atoms with Gasteiger partial charge in [0.15, 0.2) is 11.3 Å². The topological polar surface area (TPSA) is 42.3 Å². The highest BCUT2D eigenvalue weighted by Crippen LogP contribution is 2.39. The standard InChI is InChI=1S/C21H20N2O2/c1-21(22-12-5-2-6-13-22)19(24)16-10-7-9-15-14-8-3-4-11-17(14)23(18(15)16)20(21)25/h3-4,7-11H,2,5-6,12-13H2,1H3. The van der Waals surface area contributed by atoms with Crippen LogP contribution in [0.15, 0.2) is 42.5 Å². The van der Waals surface area contributed by atoms with Gasteiger partial charge in [0.05, 0.1) is 11.0 Å². The second kappa shape index (κ2) is 5.02. The predicted molar refractivity (Wildman–Crippen MR) is 98.2 cm³/mol. The lowest BCUT2D eigenvalue weighted by Gasteiger charge is -2.42. The van der Waals surface area contributed by atoms with Gasteiger partial charge in [-0.05, 0) is 45.0 Å². The third kappa shape index (κ3) is 1.75. The fraction of sp³-hybridized carbons (Fsp3) is 0.333. The highest BCUT2D eigenvalue weighted by Gasteiger charge is 2.51. The first-order chi connectivity index (χ1) is 12.1. The van der Waals surface area contributed by atoms with Crippen LogP contribution in [0.1, 0.15) is 41.3 Å². The SMILES string of the molecule is CC1(N2CCCCC2)C(=O)c2cccc3c4ccccc4n(c23)C1=O. The molecular formula is C21H20N2O2. The maximum absolute atomic E-state index is 13.6. The smallest absolute Gasteiger partial charge is 0.259 e. The van der Waals surface area contributed by atoms with Gasteiger partial charge in [0.2, 0.25) is 0 Å². The molecule has 3 aromatic rings. The minimum absolute atomic E-state index is 0.0553. The van der Waals surface area contributed by atoms with Crippen LogP contribution in [0.3, 0.4) is 0 Å². The van der Waals surface area contributed by atoms with Gasteiger partial charge >= 0.3 is 0 Å². The molecule has 126 valence electrons. The average molecular weight is 332 g/mol. The minimum Gasteiger partial charge on any atom is -0.291 e. The highest BCUT2D eigenvalue weighted by atomic mass is 16.2. The molecule has 4 heteroatoms. The van der Waals surface area contributed by atoms with E-state index in [1.807, 2.05) is 49.4 Å². The first-order valence-corrected chi connectivity index (χ1v) is 9.01. The molecule has 1 fully saturated rings. The van der Waals surface area contributed by atoms with E-state index in [9.17, 15) is 9.59 Å². The van der Waals surface area contributed by atoms with Gasteiger partial charge in [0, 0.05) is 16.3 Å². The van der Waals surface area contributed by atoms with Crippen molar-refractivity contribution < 1.29 is 9.59 Å². The number of Topliss-reactive ketones (excluding diaryl/α,β-unsaturated/α-hetero) is 1. The zero-order valence-corrected chi connectivity index (χ0v) is 14.3. The van der Waals surface area contributed by atoms with Crippen LogP contribution in [0.2, 0.25) is 0 Å². The first kappa shape index (κ1) is 14.8. The van der Waals surface area contributed by atoms with Crippen molar-refractivity contribution in [3.05, 3.63) is 48.0 Å². The van der Waals surface area contributed by atoms with Gasteiger partial charge < -0.3 is 0 Å². The molecule has 0 N–H and O–H groups in total. The lowest BCUT2D eigenvalue weighted by Crippen LogP contribution is -2.62. The van der Waals surface area contributed by atoms with E-state index in [-0.39, 0.29) is 11.7 Å². The van der Waals surface area contributed by atoms with Crippen LogP contribution < -0.4 is 0 Å². The summed E-state index contributed by atoms with van der Waals surface area (Å²) >= 11 is 0. The number of hydrogen-bond acceptors (Lipinski definition) is 3. The van der Waals surface area contributed by atoms with Crippen molar-refractivity contribution in [3.63, 3.8) is 0 Å². The molecule has 4 nitrogen and oxygen atoms in total. The molecule has 2 aliphatic heterocycles. The molecule has 0 saturated carbocycles. The summed E-state index contributed by atoms with van der Waals surface area (Å²) in [6, 6.07) is 13.7. The zero-order chi connectivity index (χ0) is 17.2. The van der Waals surface area contributed by atoms with Crippen LogP contribution in [0.25, 0.3) is 21.8 Å². The molecule has 1 unspecified atom stereocenters. The Morgan fingerprint density at radius 1 is 0.880 bits per heavy atom. The normalized spacial score (nSPS) is 24.4. The number of aromatic nitrogens is 1. The molecule has 1 saturated heterocycles. The number of carbonyl (C=O) groups excluding carboxylic acids is 2. The van der Waals surface area contributed by atoms with Crippen molar-refractivity contribution in [1.29, 1.82) is 0 Å². The van der Waals surface area contributed by atoms with E-state index in [1.165, 1.54) is 6.42 Å². The van der Waals surface area contributed by atoms with Gasteiger partial charge in [0.1, 0.15) is 0 Å². The molecule has 0 spiro atoms. The second-order valence-corrected chi connectivity index (χ2v) is 7.31. The van der Waals surface area contributed by atoms with Crippen LogP contribution in [-0.2, 0) is 0 Å². The zero-order valence-electron chi connectivity index (χ0n) is 14.3. The summed E-state index contributed by atoms with van der Waals surface area (Å²) in [7, 11) is 0. The summed E-state index contributed by atoms with van der Waals surface area (Å²) in [5.74, 6) is -0.162. The van der Waals surface area contributed by atoms with Crippen LogP contribution in [-0.4, -0.2) is 39.8 Å². The number of ketones is 1. The Bertz CT molecular complexity index is 1040. The average Bonchev–Trinajstić information content (AvgIpc) is 3.00. The highest BCUT2D eigenvalue weighted by molar-refractivity contribution is 6.31. The summed E-state index contributed by atoms with van der Waals surface area (Å²) in [5.41, 5.74) is 1.23. The Balaban J connectivity index is 1.85. The summed E-state index contributed by atoms with van der Waals surface area (Å²) in [6.45, 7) is 3.43. The number of carbonyl (C=O) groups is 2. The number of nitrogens with zero attached hydrogens (tertiary/aromatic N) is 2. The van der Waals surface area contributed by atoms with E-state index in [2.05, 4.69) is 4.90 Å². The Hall–Kier alpha value is -2.46. The molecule has 0 amide bonds. The Morgan fingerprint density at radius 2 is 1.60 bits per heavy atom. The molecule has 1 aromatic heterocycles. The van der Waals surface area contributed by atoms with Gasteiger partial charge in [-0.3, -0.25) is 19.1 Å². The van der Waals surface area contributed by atoms with Gasteiger partial charge in [-0.25, -0.2) is 0 Å². The van der Waals surface area contributed by atoms with E-state index in [0.29, 0.717) is 5.56 Å². The fourth-order valence-electron chi connectivity index (χ4n) is 4.61. The molecule has 2 aliphatic rings. The summed E-state index contributed by atoms with van der Waals surface area (Å²) < 4.78 is 1.79. The molecule has 0 bridgehead atoms. The molecule has 2 aromatic carbocycles. The summed E-state index contributed by atoms with van der Waals surface area (Å²) in [5, 5.41) is 2.01. The van der Waals surface area contributed by atoms with Crippen molar-refractivity contribution in [2.45, 2.75) is 31.7 Å². The van der Waals surface area contributed by atoms with E-state index >= 15 is 0 Å². The number of benzene rings is 2. The monoisotopic (exact) mass is 332 g/mol. The Kier molecular flexibility index (Phi) is 2.98. The molecular weight excluding hydrogens is 312 g/mol. The van der Waals surface area contributed by atoms with Crippen LogP contribution in [0, 0.1) is 0 Å². The summed E-state index contributed by atoms with van der Waals surface area (Å²) in [4.78, 5) is 29.1. The first-order valence-electron chi connectivity index (χ1n) is 9.01. The van der Waals surface area contributed by atoms with E-state index in [1.54, 1.807) is 4.57 Å². The number of piperidine rings is 1. The van der Waals surface area contributed by atoms with Gasteiger partial charge in [0.25, 0.3) is 5.91 Å². The lowest BCUT2D eigenvalue weighted by atomic mass is 9.83. The molecule has 0 radical (unpaired) electrons. The quantitative estimate of drug-likeness (QED) is 0.635. The van der Waals surface area contributed by atoms with Crippen LogP contribution in [0.4, 0.5) is 0 Å². The third-order valence-corrected chi connectivity index (χ3v) is 5.99. The predicted octanol–water partition coefficient (Wildman–Crippen LogP) is 3.88. The van der Waals surface area contributed by atoms with E-state index < -0.39 is 5.54 Å². The van der Waals surface area contributed by atoms with Crippen molar-refractivity contribution in [2.24, 2.45) is 0 Å². The number of likely N-dealkylation sites (tertiary alicyclic amines) is 1. The molecule has 25 heavy (non-hydrogen) atoms. The molecule has 3 heterocycles. The van der Waals surface area contributed by atoms with Gasteiger partial charge in [-0.15, -0.1) is 0 Å². The van der Waals surface area contributed by atoms with Crippen molar-refractivity contribution >= 4 is 33.5 Å². The maximum Gasteiger partial charge on any atom is 0.259 e. The van der Waals surface area contributed by atoms with Gasteiger partial charge in [-0.1, -0.05) is 36.8 Å². The third-order valence-electron chi connectivity index (χ3n) is 5.99. The van der Waals surface area contributed by atoms with E-state index in [0.717, 1.165) is 47.7 Å². The number of hydrogen-bond donors (Lipinski definition) is 0. The van der Waals surface area contributed by atoms with Crippen molar-refractivity contribution in [2.75, 3.05) is 13.1 Å². The Labute approximate surface area is 146 Å². The Morgan fingerprint density at radius 3 is 2.40 bits per heavy atom. The van der Waals surface area contributed by atoms with Crippen molar-refractivity contribution in [3.8, 4) is 0 Å². The number of para-hydroxylation sites is 2. The number of fused-ring (bicyclic) bond motifs is 3. The molecule has 0 aliphatic carbocycles. The van der Waals surface area contributed by atoms with Crippen molar-refractivity contribution in [1.82, 2.24) is 9.47 Å². The van der Waals surface area contributed by atoms with E-state index in [4.69, 9.17) is 0 Å². The maximum atomic E-state index is 13.6. The summed E-state index contributed by atoms with van der Waals surface area (Å²) in [6.07, 6.45) is 3.25. The minimum atomic E-state index is -1.11. The largest absolute Gasteiger partial charge is 0.291 e. The fourth-order valence-corrected chi connectivity index (χ4v) is 4.61. The van der Waals surface area contributed by atoms with Gasteiger partial charge in [-0.2, -0.15) is 0 Å². The second-order valence-electron chi connectivity index (χ2n) is 7.31. The van der Waals surface area contributed by atoms with Crippen LogP contribution in [0.5, 0.6) is 0 Å². The molecule has 5 rings (SSSR count). The van der Waals surface area contributed by atoms with Crippen LogP contribution >= 0.6 is 0 Å².